The molecule has 1 nitrogen and oxygen atoms in total. The molecule has 0 aliphatic rings. The van der Waals surface area contributed by atoms with Gasteiger partial charge in [-0.2, -0.15) is 0 Å². The Balaban J connectivity index is 2.64. The fourth-order valence-corrected chi connectivity index (χ4v) is 1.45. The third-order valence-electron chi connectivity index (χ3n) is 2.57. The lowest BCUT2D eigenvalue weighted by molar-refractivity contribution is 0.119. The van der Waals surface area contributed by atoms with Gasteiger partial charge in [0, 0.05) is 7.11 Å². The summed E-state index contributed by atoms with van der Waals surface area (Å²) in [4.78, 5) is 0. The maximum absolute atomic E-state index is 5.23. The minimum absolute atomic E-state index is 0.305. The number of benzene rings is 1. The molecule has 0 saturated heterocycles. The molecule has 14 heavy (non-hydrogen) atoms. The summed E-state index contributed by atoms with van der Waals surface area (Å²) in [5.41, 5.74) is 2.75. The van der Waals surface area contributed by atoms with Crippen molar-refractivity contribution in [3.05, 3.63) is 35.4 Å². The zero-order valence-electron chi connectivity index (χ0n) is 9.58. The third kappa shape index (κ3) is 3.15. The van der Waals surface area contributed by atoms with Crippen molar-refractivity contribution in [2.24, 2.45) is 0 Å². The van der Waals surface area contributed by atoms with Gasteiger partial charge in [-0.3, -0.25) is 0 Å². The molecule has 78 valence electrons. The number of hydrogen-bond donors (Lipinski definition) is 0. The van der Waals surface area contributed by atoms with Crippen LogP contribution in [0.15, 0.2) is 24.3 Å². The summed E-state index contributed by atoms with van der Waals surface area (Å²) in [5.74, 6) is 0.615. The summed E-state index contributed by atoms with van der Waals surface area (Å²) in [6.07, 6.45) is 1.30. The lowest BCUT2D eigenvalue weighted by atomic mass is 10.00. The Hall–Kier alpha value is -0.820. The van der Waals surface area contributed by atoms with E-state index in [0.29, 0.717) is 12.0 Å². The lowest BCUT2D eigenvalue weighted by Gasteiger charge is -2.10. The molecule has 0 aromatic heterocycles. The van der Waals surface area contributed by atoms with E-state index in [0.717, 1.165) is 6.42 Å². The van der Waals surface area contributed by atoms with E-state index < -0.39 is 0 Å². The van der Waals surface area contributed by atoms with Crippen LogP contribution in [0.3, 0.4) is 0 Å². The van der Waals surface area contributed by atoms with E-state index in [1.165, 1.54) is 11.1 Å². The summed E-state index contributed by atoms with van der Waals surface area (Å²) in [7, 11) is 1.76. The zero-order chi connectivity index (χ0) is 10.6. The predicted octanol–water partition coefficient (Wildman–Crippen LogP) is 3.39. The van der Waals surface area contributed by atoms with Crippen molar-refractivity contribution in [1.82, 2.24) is 0 Å². The normalized spacial score (nSPS) is 13.2. The van der Waals surface area contributed by atoms with Gasteiger partial charge >= 0.3 is 0 Å². The van der Waals surface area contributed by atoms with Gasteiger partial charge < -0.3 is 4.74 Å². The molecule has 0 bridgehead atoms. The van der Waals surface area contributed by atoms with E-state index in [1.807, 2.05) is 0 Å². The molecule has 0 amide bonds. The zero-order valence-corrected chi connectivity index (χ0v) is 9.58. The maximum Gasteiger partial charge on any atom is 0.0583 e. The largest absolute Gasteiger partial charge is 0.381 e. The van der Waals surface area contributed by atoms with Crippen LogP contribution in [0.1, 0.15) is 37.8 Å². The van der Waals surface area contributed by atoms with E-state index in [1.54, 1.807) is 7.11 Å². The molecule has 1 rings (SSSR count). The van der Waals surface area contributed by atoms with Crippen LogP contribution in [0.5, 0.6) is 0 Å². The quantitative estimate of drug-likeness (QED) is 0.710. The molecule has 0 spiro atoms. The number of ether oxygens (including phenoxy) is 1. The standard InChI is InChI=1S/C13H20O/c1-10(2)13-7-5-12(6-8-13)9-11(3)14-4/h5-8,10-11H,9H2,1-4H3. The molecule has 1 aromatic carbocycles. The van der Waals surface area contributed by atoms with E-state index in [2.05, 4.69) is 45.0 Å². The lowest BCUT2D eigenvalue weighted by Crippen LogP contribution is -2.08. The first-order chi connectivity index (χ1) is 6.63. The Kier molecular flexibility index (Phi) is 4.15. The van der Waals surface area contributed by atoms with Crippen LogP contribution in [0.4, 0.5) is 0 Å². The van der Waals surface area contributed by atoms with Crippen LogP contribution in [0.2, 0.25) is 0 Å². The van der Waals surface area contributed by atoms with Gasteiger partial charge in [0.05, 0.1) is 6.10 Å². The molecule has 1 heteroatoms. The van der Waals surface area contributed by atoms with Crippen molar-refractivity contribution in [3.63, 3.8) is 0 Å². The number of hydrogen-bond acceptors (Lipinski definition) is 1. The molecule has 1 atom stereocenters. The molecule has 0 aliphatic heterocycles. The van der Waals surface area contributed by atoms with E-state index >= 15 is 0 Å². The molecule has 0 N–H and O–H groups in total. The van der Waals surface area contributed by atoms with Crippen molar-refractivity contribution >= 4 is 0 Å². The van der Waals surface area contributed by atoms with Gasteiger partial charge in [-0.15, -0.1) is 0 Å². The predicted molar refractivity (Wildman–Crippen MR) is 60.7 cm³/mol. The van der Waals surface area contributed by atoms with Gasteiger partial charge in [-0.1, -0.05) is 38.1 Å². The van der Waals surface area contributed by atoms with Gasteiger partial charge in [0.1, 0.15) is 0 Å². The first kappa shape index (κ1) is 11.3. The third-order valence-corrected chi connectivity index (χ3v) is 2.57. The summed E-state index contributed by atoms with van der Waals surface area (Å²) >= 11 is 0. The second-order valence-electron chi connectivity index (χ2n) is 4.15. The Morgan fingerprint density at radius 3 is 2.07 bits per heavy atom. The average Bonchev–Trinajstić information content (AvgIpc) is 2.18. The van der Waals surface area contributed by atoms with Gasteiger partial charge in [-0.25, -0.2) is 0 Å². The van der Waals surface area contributed by atoms with Crippen molar-refractivity contribution in [3.8, 4) is 0 Å². The van der Waals surface area contributed by atoms with Crippen LogP contribution >= 0.6 is 0 Å². The summed E-state index contributed by atoms with van der Waals surface area (Å²) in [5, 5.41) is 0. The smallest absolute Gasteiger partial charge is 0.0583 e. The van der Waals surface area contributed by atoms with Crippen LogP contribution in [-0.4, -0.2) is 13.2 Å². The fraction of sp³-hybridized carbons (Fsp3) is 0.538. The van der Waals surface area contributed by atoms with Crippen LogP contribution in [-0.2, 0) is 11.2 Å². The second kappa shape index (κ2) is 5.16. The molecule has 0 heterocycles. The van der Waals surface area contributed by atoms with E-state index in [-0.39, 0.29) is 0 Å². The van der Waals surface area contributed by atoms with Crippen molar-refractivity contribution in [1.29, 1.82) is 0 Å². The maximum atomic E-state index is 5.23. The molecule has 0 radical (unpaired) electrons. The van der Waals surface area contributed by atoms with Crippen molar-refractivity contribution in [2.75, 3.05) is 7.11 Å². The molecule has 0 aliphatic carbocycles. The van der Waals surface area contributed by atoms with E-state index in [9.17, 15) is 0 Å². The first-order valence-corrected chi connectivity index (χ1v) is 5.25. The van der Waals surface area contributed by atoms with E-state index in [4.69, 9.17) is 4.74 Å². The number of rotatable bonds is 4. The topological polar surface area (TPSA) is 9.23 Å². The minimum Gasteiger partial charge on any atom is -0.381 e. The highest BCUT2D eigenvalue weighted by atomic mass is 16.5. The second-order valence-corrected chi connectivity index (χ2v) is 4.15. The Labute approximate surface area is 87.1 Å². The summed E-state index contributed by atoms with van der Waals surface area (Å²) in [6.45, 7) is 6.52. The Bertz CT molecular complexity index is 261. The highest BCUT2D eigenvalue weighted by molar-refractivity contribution is 5.25. The highest BCUT2D eigenvalue weighted by Crippen LogP contribution is 2.15. The minimum atomic E-state index is 0.305. The van der Waals surface area contributed by atoms with Crippen molar-refractivity contribution in [2.45, 2.75) is 39.2 Å². The van der Waals surface area contributed by atoms with Gasteiger partial charge in [0.2, 0.25) is 0 Å². The van der Waals surface area contributed by atoms with Crippen molar-refractivity contribution < 1.29 is 4.74 Å². The summed E-state index contributed by atoms with van der Waals surface area (Å²) < 4.78 is 5.23. The van der Waals surface area contributed by atoms with Gasteiger partial charge in [0.25, 0.3) is 0 Å². The Morgan fingerprint density at radius 1 is 1.07 bits per heavy atom. The molecule has 0 fully saturated rings. The SMILES string of the molecule is COC(C)Cc1ccc(C(C)C)cc1. The molecular weight excluding hydrogens is 172 g/mol. The number of methoxy groups -OCH3 is 1. The fourth-order valence-electron chi connectivity index (χ4n) is 1.45. The molecule has 0 saturated carbocycles. The monoisotopic (exact) mass is 192 g/mol. The molecule has 1 aromatic rings. The highest BCUT2D eigenvalue weighted by Gasteiger charge is 2.02. The average molecular weight is 192 g/mol. The molecular formula is C13H20O. The first-order valence-electron chi connectivity index (χ1n) is 5.25. The van der Waals surface area contributed by atoms with Crippen LogP contribution in [0.25, 0.3) is 0 Å². The Morgan fingerprint density at radius 2 is 1.64 bits per heavy atom. The van der Waals surface area contributed by atoms with Crippen LogP contribution in [0, 0.1) is 0 Å². The van der Waals surface area contributed by atoms with Gasteiger partial charge in [0.15, 0.2) is 0 Å². The molecule has 1 unspecified atom stereocenters. The van der Waals surface area contributed by atoms with Gasteiger partial charge in [-0.05, 0) is 30.4 Å². The van der Waals surface area contributed by atoms with Crippen LogP contribution < -0.4 is 0 Å². The summed E-state index contributed by atoms with van der Waals surface area (Å²) in [6, 6.07) is 8.82.